The Bertz CT molecular complexity index is 361. The van der Waals surface area contributed by atoms with Crippen LogP contribution in [0.25, 0.3) is 0 Å². The van der Waals surface area contributed by atoms with Gasteiger partial charge in [-0.3, -0.25) is 0 Å². The van der Waals surface area contributed by atoms with E-state index in [-0.39, 0.29) is 5.75 Å². The Morgan fingerprint density at radius 1 is 1.35 bits per heavy atom. The van der Waals surface area contributed by atoms with Crippen molar-refractivity contribution in [1.82, 2.24) is 5.32 Å². The van der Waals surface area contributed by atoms with Crippen molar-refractivity contribution in [3.05, 3.63) is 23.8 Å². The van der Waals surface area contributed by atoms with Crippen molar-refractivity contribution in [2.75, 3.05) is 13.7 Å². The standard InChI is InChI=1S/C14H23NO2/c1-5-14(2,3)10-15-9-11-6-7-13(17-4)12(16)8-11/h6-8,15-16H,5,9-10H2,1-4H3. The molecule has 0 spiro atoms. The molecule has 0 saturated heterocycles. The average molecular weight is 237 g/mol. The van der Waals surface area contributed by atoms with Gasteiger partial charge < -0.3 is 15.2 Å². The third-order valence-corrected chi connectivity index (χ3v) is 3.13. The average Bonchev–Trinajstić information content (AvgIpc) is 2.29. The summed E-state index contributed by atoms with van der Waals surface area (Å²) in [7, 11) is 1.55. The van der Waals surface area contributed by atoms with Gasteiger partial charge in [0.05, 0.1) is 7.11 Å². The van der Waals surface area contributed by atoms with Gasteiger partial charge >= 0.3 is 0 Å². The van der Waals surface area contributed by atoms with Crippen molar-refractivity contribution in [3.63, 3.8) is 0 Å². The van der Waals surface area contributed by atoms with Gasteiger partial charge in [0.15, 0.2) is 11.5 Å². The summed E-state index contributed by atoms with van der Waals surface area (Å²) in [5.74, 6) is 0.712. The Morgan fingerprint density at radius 2 is 2.06 bits per heavy atom. The van der Waals surface area contributed by atoms with Gasteiger partial charge in [-0.25, -0.2) is 0 Å². The number of nitrogens with one attached hydrogen (secondary N) is 1. The third-order valence-electron chi connectivity index (χ3n) is 3.13. The van der Waals surface area contributed by atoms with Crippen molar-refractivity contribution in [2.24, 2.45) is 5.41 Å². The Labute approximate surface area is 104 Å². The van der Waals surface area contributed by atoms with Crippen molar-refractivity contribution in [1.29, 1.82) is 0 Å². The quantitative estimate of drug-likeness (QED) is 0.799. The number of hydrogen-bond acceptors (Lipinski definition) is 3. The molecule has 0 aliphatic rings. The van der Waals surface area contributed by atoms with Crippen LogP contribution < -0.4 is 10.1 Å². The van der Waals surface area contributed by atoms with E-state index in [0.29, 0.717) is 11.2 Å². The van der Waals surface area contributed by atoms with Crippen LogP contribution in [0.1, 0.15) is 32.8 Å². The van der Waals surface area contributed by atoms with Crippen molar-refractivity contribution in [3.8, 4) is 11.5 Å². The van der Waals surface area contributed by atoms with Gasteiger partial charge in [0.1, 0.15) is 0 Å². The van der Waals surface area contributed by atoms with E-state index in [0.717, 1.165) is 25.1 Å². The molecule has 1 rings (SSSR count). The highest BCUT2D eigenvalue weighted by Gasteiger charge is 2.13. The van der Waals surface area contributed by atoms with Crippen molar-refractivity contribution >= 4 is 0 Å². The van der Waals surface area contributed by atoms with Crippen LogP contribution in [0.3, 0.4) is 0 Å². The molecule has 0 unspecified atom stereocenters. The zero-order valence-electron chi connectivity index (χ0n) is 11.2. The summed E-state index contributed by atoms with van der Waals surface area (Å²) in [5.41, 5.74) is 1.38. The van der Waals surface area contributed by atoms with Gasteiger partial charge in [-0.1, -0.05) is 26.8 Å². The van der Waals surface area contributed by atoms with Crippen LogP contribution in [0.4, 0.5) is 0 Å². The first-order valence-electron chi connectivity index (χ1n) is 6.05. The van der Waals surface area contributed by atoms with Gasteiger partial charge in [-0.15, -0.1) is 0 Å². The summed E-state index contributed by atoms with van der Waals surface area (Å²) >= 11 is 0. The van der Waals surface area contributed by atoms with E-state index in [1.807, 2.05) is 6.07 Å². The first kappa shape index (κ1) is 13.8. The molecule has 1 aromatic carbocycles. The minimum atomic E-state index is 0.196. The highest BCUT2D eigenvalue weighted by atomic mass is 16.5. The maximum atomic E-state index is 9.64. The molecule has 0 aliphatic carbocycles. The van der Waals surface area contributed by atoms with Gasteiger partial charge in [-0.05, 0) is 29.5 Å². The van der Waals surface area contributed by atoms with Gasteiger partial charge in [0, 0.05) is 13.1 Å². The zero-order valence-corrected chi connectivity index (χ0v) is 11.2. The fourth-order valence-electron chi connectivity index (χ4n) is 1.52. The SMILES string of the molecule is CCC(C)(C)CNCc1ccc(OC)c(O)c1. The maximum Gasteiger partial charge on any atom is 0.160 e. The largest absolute Gasteiger partial charge is 0.504 e. The van der Waals surface area contributed by atoms with E-state index in [2.05, 4.69) is 26.1 Å². The summed E-state index contributed by atoms with van der Waals surface area (Å²) in [6, 6.07) is 5.49. The fraction of sp³-hybridized carbons (Fsp3) is 0.571. The lowest BCUT2D eigenvalue weighted by molar-refractivity contribution is 0.327. The number of methoxy groups -OCH3 is 1. The molecular formula is C14H23NO2. The van der Waals surface area contributed by atoms with Crippen LogP contribution in [0.5, 0.6) is 11.5 Å². The molecule has 3 nitrogen and oxygen atoms in total. The predicted octanol–water partition coefficient (Wildman–Crippen LogP) is 2.93. The summed E-state index contributed by atoms with van der Waals surface area (Å²) in [5, 5.41) is 13.0. The molecule has 0 heterocycles. The lowest BCUT2D eigenvalue weighted by Gasteiger charge is -2.23. The number of ether oxygens (including phenoxy) is 1. The number of phenolic OH excluding ortho intramolecular Hbond substituents is 1. The minimum Gasteiger partial charge on any atom is -0.504 e. The molecule has 0 bridgehead atoms. The van der Waals surface area contributed by atoms with E-state index in [1.54, 1.807) is 19.2 Å². The monoisotopic (exact) mass is 237 g/mol. The van der Waals surface area contributed by atoms with E-state index in [4.69, 9.17) is 4.74 Å². The smallest absolute Gasteiger partial charge is 0.160 e. The predicted molar refractivity (Wildman–Crippen MR) is 70.4 cm³/mol. The lowest BCUT2D eigenvalue weighted by Crippen LogP contribution is -2.28. The highest BCUT2D eigenvalue weighted by Crippen LogP contribution is 2.26. The summed E-state index contributed by atoms with van der Waals surface area (Å²) in [4.78, 5) is 0. The molecule has 0 radical (unpaired) electrons. The number of phenols is 1. The second kappa shape index (κ2) is 5.92. The second-order valence-electron chi connectivity index (χ2n) is 5.13. The molecule has 0 fully saturated rings. The van der Waals surface area contributed by atoms with Gasteiger partial charge in [-0.2, -0.15) is 0 Å². The first-order chi connectivity index (χ1) is 7.98. The maximum absolute atomic E-state index is 9.64. The Hall–Kier alpha value is -1.22. The van der Waals surface area contributed by atoms with E-state index in [1.165, 1.54) is 0 Å². The zero-order chi connectivity index (χ0) is 12.9. The summed E-state index contributed by atoms with van der Waals surface area (Å²) in [6.07, 6.45) is 1.15. The van der Waals surface area contributed by atoms with Crippen LogP contribution in [-0.2, 0) is 6.54 Å². The normalized spacial score (nSPS) is 11.5. The number of benzene rings is 1. The molecule has 0 atom stereocenters. The van der Waals surface area contributed by atoms with Crippen LogP contribution in [0, 0.1) is 5.41 Å². The Morgan fingerprint density at radius 3 is 2.59 bits per heavy atom. The van der Waals surface area contributed by atoms with Crippen LogP contribution in [-0.4, -0.2) is 18.8 Å². The molecule has 96 valence electrons. The fourth-order valence-corrected chi connectivity index (χ4v) is 1.52. The number of hydrogen-bond donors (Lipinski definition) is 2. The van der Waals surface area contributed by atoms with Crippen LogP contribution in [0.2, 0.25) is 0 Å². The molecule has 1 aromatic rings. The third kappa shape index (κ3) is 4.27. The van der Waals surface area contributed by atoms with Crippen LogP contribution >= 0.6 is 0 Å². The molecular weight excluding hydrogens is 214 g/mol. The topological polar surface area (TPSA) is 41.5 Å². The van der Waals surface area contributed by atoms with Crippen molar-refractivity contribution in [2.45, 2.75) is 33.7 Å². The Kier molecular flexibility index (Phi) is 4.82. The Balaban J connectivity index is 2.50. The molecule has 0 aliphatic heterocycles. The van der Waals surface area contributed by atoms with Gasteiger partial charge in [0.25, 0.3) is 0 Å². The highest BCUT2D eigenvalue weighted by molar-refractivity contribution is 5.41. The molecule has 2 N–H and O–H groups in total. The summed E-state index contributed by atoms with van der Waals surface area (Å²) < 4.78 is 5.01. The number of aromatic hydroxyl groups is 1. The molecule has 0 saturated carbocycles. The molecule has 0 aromatic heterocycles. The van der Waals surface area contributed by atoms with Crippen molar-refractivity contribution < 1.29 is 9.84 Å². The molecule has 0 amide bonds. The summed E-state index contributed by atoms with van der Waals surface area (Å²) in [6.45, 7) is 8.41. The first-order valence-corrected chi connectivity index (χ1v) is 6.05. The number of rotatable bonds is 6. The minimum absolute atomic E-state index is 0.196. The van der Waals surface area contributed by atoms with E-state index in [9.17, 15) is 5.11 Å². The van der Waals surface area contributed by atoms with Gasteiger partial charge in [0.2, 0.25) is 0 Å². The van der Waals surface area contributed by atoms with E-state index < -0.39 is 0 Å². The lowest BCUT2D eigenvalue weighted by atomic mass is 9.90. The molecule has 17 heavy (non-hydrogen) atoms. The molecule has 3 heteroatoms. The van der Waals surface area contributed by atoms with E-state index >= 15 is 0 Å². The second-order valence-corrected chi connectivity index (χ2v) is 5.13. The van der Waals surface area contributed by atoms with Crippen LogP contribution in [0.15, 0.2) is 18.2 Å².